The first kappa shape index (κ1) is 13.7. The smallest absolute Gasteiger partial charge is 0.137 e. The van der Waals surface area contributed by atoms with Gasteiger partial charge in [-0.3, -0.25) is 5.84 Å². The third kappa shape index (κ3) is 2.81. The van der Waals surface area contributed by atoms with Gasteiger partial charge in [0, 0.05) is 5.69 Å². The van der Waals surface area contributed by atoms with Crippen molar-refractivity contribution in [3.8, 4) is 5.75 Å². The normalized spacial score (nSPS) is 12.2. The van der Waals surface area contributed by atoms with Crippen LogP contribution in [0.5, 0.6) is 5.75 Å². The van der Waals surface area contributed by atoms with Gasteiger partial charge in [-0.1, -0.05) is 35.9 Å². The maximum absolute atomic E-state index is 6.02. The Labute approximate surface area is 117 Å². The molecule has 0 saturated heterocycles. The molecule has 2 aromatic rings. The number of hydrogen-bond acceptors (Lipinski definition) is 4. The number of hydrazine groups is 1. The first-order valence-corrected chi connectivity index (χ1v) is 6.19. The van der Waals surface area contributed by atoms with Gasteiger partial charge in [-0.25, -0.2) is 5.43 Å². The summed E-state index contributed by atoms with van der Waals surface area (Å²) in [6.07, 6.45) is 0. The summed E-state index contributed by atoms with van der Waals surface area (Å²) in [4.78, 5) is 0. The molecule has 0 heterocycles. The SMILES string of the molecule is COc1cc(C(NN)c2ccccc2N)ccc1Cl. The molecule has 0 aliphatic rings. The Bertz CT molecular complexity index is 574. The highest BCUT2D eigenvalue weighted by Gasteiger charge is 2.16. The second-order valence-electron chi connectivity index (χ2n) is 4.12. The van der Waals surface area contributed by atoms with Gasteiger partial charge in [0.25, 0.3) is 0 Å². The summed E-state index contributed by atoms with van der Waals surface area (Å²) in [6, 6.07) is 12.9. The summed E-state index contributed by atoms with van der Waals surface area (Å²) < 4.78 is 5.21. The van der Waals surface area contributed by atoms with E-state index in [0.717, 1.165) is 11.1 Å². The van der Waals surface area contributed by atoms with E-state index in [1.165, 1.54) is 0 Å². The molecular formula is C14H16ClN3O. The van der Waals surface area contributed by atoms with Gasteiger partial charge >= 0.3 is 0 Å². The zero-order valence-electron chi connectivity index (χ0n) is 10.6. The van der Waals surface area contributed by atoms with Crippen LogP contribution in [0, 0.1) is 0 Å². The summed E-state index contributed by atoms with van der Waals surface area (Å²) in [5.41, 5.74) is 11.3. The third-order valence-corrected chi connectivity index (χ3v) is 3.29. The highest BCUT2D eigenvalue weighted by atomic mass is 35.5. The van der Waals surface area contributed by atoms with Crippen molar-refractivity contribution in [1.29, 1.82) is 0 Å². The summed E-state index contributed by atoms with van der Waals surface area (Å²) in [6.45, 7) is 0. The van der Waals surface area contributed by atoms with Crippen LogP contribution in [-0.2, 0) is 0 Å². The maximum atomic E-state index is 6.02. The van der Waals surface area contributed by atoms with E-state index in [9.17, 15) is 0 Å². The van der Waals surface area contributed by atoms with Gasteiger partial charge in [0.1, 0.15) is 5.75 Å². The largest absolute Gasteiger partial charge is 0.495 e. The maximum Gasteiger partial charge on any atom is 0.137 e. The average molecular weight is 278 g/mol. The van der Waals surface area contributed by atoms with Crippen molar-refractivity contribution in [2.24, 2.45) is 5.84 Å². The minimum absolute atomic E-state index is 0.215. The van der Waals surface area contributed by atoms with Crippen LogP contribution in [0.4, 0.5) is 5.69 Å². The van der Waals surface area contributed by atoms with E-state index >= 15 is 0 Å². The lowest BCUT2D eigenvalue weighted by atomic mass is 9.97. The van der Waals surface area contributed by atoms with Crippen LogP contribution in [0.25, 0.3) is 0 Å². The number of nitrogen functional groups attached to an aromatic ring is 1. The van der Waals surface area contributed by atoms with E-state index in [2.05, 4.69) is 5.43 Å². The Hall–Kier alpha value is -1.75. The van der Waals surface area contributed by atoms with E-state index in [1.54, 1.807) is 13.2 Å². The molecule has 2 aromatic carbocycles. The quantitative estimate of drug-likeness (QED) is 0.456. The highest BCUT2D eigenvalue weighted by molar-refractivity contribution is 6.32. The Balaban J connectivity index is 2.45. The highest BCUT2D eigenvalue weighted by Crippen LogP contribution is 2.31. The number of anilines is 1. The minimum atomic E-state index is -0.215. The molecule has 0 aliphatic heterocycles. The Kier molecular flexibility index (Phi) is 4.27. The molecule has 4 nitrogen and oxygen atoms in total. The molecule has 0 spiro atoms. The van der Waals surface area contributed by atoms with Crippen LogP contribution in [-0.4, -0.2) is 7.11 Å². The molecule has 0 aliphatic carbocycles. The molecule has 0 amide bonds. The minimum Gasteiger partial charge on any atom is -0.495 e. The van der Waals surface area contributed by atoms with Crippen molar-refractivity contribution < 1.29 is 4.74 Å². The molecule has 1 unspecified atom stereocenters. The monoisotopic (exact) mass is 277 g/mol. The molecule has 0 bridgehead atoms. The lowest BCUT2D eigenvalue weighted by Crippen LogP contribution is -2.29. The van der Waals surface area contributed by atoms with E-state index < -0.39 is 0 Å². The van der Waals surface area contributed by atoms with Crippen LogP contribution < -0.4 is 21.7 Å². The van der Waals surface area contributed by atoms with Crippen LogP contribution in [0.2, 0.25) is 5.02 Å². The van der Waals surface area contributed by atoms with Crippen LogP contribution >= 0.6 is 11.6 Å². The third-order valence-electron chi connectivity index (χ3n) is 2.98. The summed E-state index contributed by atoms with van der Waals surface area (Å²) >= 11 is 6.02. The number of nitrogens with two attached hydrogens (primary N) is 2. The number of methoxy groups -OCH3 is 1. The van der Waals surface area contributed by atoms with Gasteiger partial charge in [-0.15, -0.1) is 0 Å². The van der Waals surface area contributed by atoms with Gasteiger partial charge in [0.05, 0.1) is 18.2 Å². The van der Waals surface area contributed by atoms with Crippen LogP contribution in [0.1, 0.15) is 17.2 Å². The van der Waals surface area contributed by atoms with Crippen molar-refractivity contribution in [3.05, 3.63) is 58.6 Å². The number of para-hydroxylation sites is 1. The summed E-state index contributed by atoms with van der Waals surface area (Å²) in [5, 5.41) is 0.558. The molecule has 0 aromatic heterocycles. The molecule has 2 rings (SSSR count). The molecule has 0 saturated carbocycles. The number of nitrogens with one attached hydrogen (secondary N) is 1. The lowest BCUT2D eigenvalue weighted by molar-refractivity contribution is 0.414. The number of halogens is 1. The molecular weight excluding hydrogens is 262 g/mol. The van der Waals surface area contributed by atoms with Gasteiger partial charge in [-0.05, 0) is 29.3 Å². The second-order valence-corrected chi connectivity index (χ2v) is 4.53. The molecule has 0 radical (unpaired) electrons. The molecule has 1 atom stereocenters. The first-order chi connectivity index (χ1) is 9.17. The predicted molar refractivity (Wildman–Crippen MR) is 78.0 cm³/mol. The van der Waals surface area contributed by atoms with Crippen molar-refractivity contribution in [2.75, 3.05) is 12.8 Å². The van der Waals surface area contributed by atoms with Crippen molar-refractivity contribution >= 4 is 17.3 Å². The van der Waals surface area contributed by atoms with Gasteiger partial charge < -0.3 is 10.5 Å². The fraction of sp³-hybridized carbons (Fsp3) is 0.143. The fourth-order valence-electron chi connectivity index (χ4n) is 2.00. The number of benzene rings is 2. The van der Waals surface area contributed by atoms with E-state index in [1.807, 2.05) is 36.4 Å². The standard InChI is InChI=1S/C14H16ClN3O/c1-19-13-8-9(6-7-11(13)15)14(18-17)10-4-2-3-5-12(10)16/h2-8,14,18H,16-17H2,1H3. The zero-order valence-corrected chi connectivity index (χ0v) is 11.3. The lowest BCUT2D eigenvalue weighted by Gasteiger charge is -2.19. The predicted octanol–water partition coefficient (Wildman–Crippen LogP) is 2.48. The van der Waals surface area contributed by atoms with Crippen molar-refractivity contribution in [3.63, 3.8) is 0 Å². The van der Waals surface area contributed by atoms with Crippen LogP contribution in [0.15, 0.2) is 42.5 Å². The molecule has 5 heteroatoms. The molecule has 0 fully saturated rings. The molecule has 5 N–H and O–H groups in total. The number of ether oxygens (including phenoxy) is 1. The van der Waals surface area contributed by atoms with E-state index in [4.69, 9.17) is 27.9 Å². The average Bonchev–Trinajstić information content (AvgIpc) is 2.43. The first-order valence-electron chi connectivity index (χ1n) is 5.81. The zero-order chi connectivity index (χ0) is 13.8. The second kappa shape index (κ2) is 5.93. The van der Waals surface area contributed by atoms with E-state index in [0.29, 0.717) is 16.5 Å². The van der Waals surface area contributed by atoms with Crippen molar-refractivity contribution in [2.45, 2.75) is 6.04 Å². The molecule has 100 valence electrons. The van der Waals surface area contributed by atoms with Gasteiger partial charge in [-0.2, -0.15) is 0 Å². The number of rotatable bonds is 4. The summed E-state index contributed by atoms with van der Waals surface area (Å²) in [5.74, 6) is 6.26. The van der Waals surface area contributed by atoms with Crippen molar-refractivity contribution in [1.82, 2.24) is 5.43 Å². The van der Waals surface area contributed by atoms with Gasteiger partial charge in [0.2, 0.25) is 0 Å². The Morgan fingerprint density at radius 2 is 1.95 bits per heavy atom. The number of hydrogen-bond donors (Lipinski definition) is 3. The fourth-order valence-corrected chi connectivity index (χ4v) is 2.19. The topological polar surface area (TPSA) is 73.3 Å². The van der Waals surface area contributed by atoms with E-state index in [-0.39, 0.29) is 6.04 Å². The van der Waals surface area contributed by atoms with Gasteiger partial charge in [0.15, 0.2) is 0 Å². The van der Waals surface area contributed by atoms with Crippen LogP contribution in [0.3, 0.4) is 0 Å². The summed E-state index contributed by atoms with van der Waals surface area (Å²) in [7, 11) is 1.58. The Morgan fingerprint density at radius 1 is 1.21 bits per heavy atom. The Morgan fingerprint density at radius 3 is 2.58 bits per heavy atom. The molecule has 19 heavy (non-hydrogen) atoms.